The highest BCUT2D eigenvalue weighted by Gasteiger charge is 2.45. The fraction of sp³-hybridized carbons (Fsp3) is 0.889. The molecule has 1 N–H and O–H groups in total. The zero-order valence-electron chi connectivity index (χ0n) is 14.1. The van der Waals surface area contributed by atoms with E-state index in [9.17, 15) is 0 Å². The Bertz CT molecular complexity index is 317. The summed E-state index contributed by atoms with van der Waals surface area (Å²) in [5.41, 5.74) is 1.74. The minimum atomic E-state index is 0.344. The van der Waals surface area contributed by atoms with Gasteiger partial charge >= 0.3 is 0 Å². The molecule has 0 spiro atoms. The first kappa shape index (κ1) is 17.0. The van der Waals surface area contributed by atoms with E-state index in [-0.39, 0.29) is 0 Å². The van der Waals surface area contributed by atoms with E-state index in [1.165, 1.54) is 37.7 Å². The first-order chi connectivity index (χ1) is 10.2. The maximum Gasteiger partial charge on any atom is 0.0594 e. The maximum absolute atomic E-state index is 5.59. The Morgan fingerprint density at radius 2 is 1.90 bits per heavy atom. The third-order valence-electron chi connectivity index (χ3n) is 5.39. The van der Waals surface area contributed by atoms with Crippen molar-refractivity contribution in [1.29, 1.82) is 0 Å². The molecule has 2 aliphatic rings. The van der Waals surface area contributed by atoms with Gasteiger partial charge in [0.15, 0.2) is 0 Å². The number of morpholine rings is 1. The molecule has 0 radical (unpaired) electrons. The Morgan fingerprint density at radius 3 is 2.48 bits per heavy atom. The first-order valence-corrected chi connectivity index (χ1v) is 8.95. The monoisotopic (exact) mass is 294 g/mol. The Hall–Kier alpha value is -0.380. The molecule has 2 fully saturated rings. The van der Waals surface area contributed by atoms with Gasteiger partial charge in [-0.3, -0.25) is 4.90 Å². The second-order valence-corrected chi connectivity index (χ2v) is 6.72. The molecule has 0 bridgehead atoms. The second kappa shape index (κ2) is 8.30. The highest BCUT2D eigenvalue weighted by atomic mass is 16.5. The third kappa shape index (κ3) is 4.08. The minimum absolute atomic E-state index is 0.344. The van der Waals surface area contributed by atoms with E-state index in [1.807, 2.05) is 0 Å². The lowest BCUT2D eigenvalue weighted by Crippen LogP contribution is -2.62. The van der Waals surface area contributed by atoms with Gasteiger partial charge < -0.3 is 10.1 Å². The Balaban J connectivity index is 2.15. The zero-order valence-corrected chi connectivity index (χ0v) is 14.1. The van der Waals surface area contributed by atoms with E-state index in [1.54, 1.807) is 0 Å². The van der Waals surface area contributed by atoms with Crippen molar-refractivity contribution in [3.63, 3.8) is 0 Å². The quantitative estimate of drug-likeness (QED) is 0.695. The second-order valence-electron chi connectivity index (χ2n) is 6.72. The summed E-state index contributed by atoms with van der Waals surface area (Å²) < 4.78 is 5.59. The van der Waals surface area contributed by atoms with Gasteiger partial charge in [0.25, 0.3) is 0 Å². The smallest absolute Gasteiger partial charge is 0.0594 e. The Morgan fingerprint density at radius 1 is 1.24 bits per heavy atom. The SMILES string of the molecule is C=C(CC)CC(NCCC)C1(N2CCOCC2)CCCC1. The number of nitrogens with one attached hydrogen (secondary N) is 1. The van der Waals surface area contributed by atoms with E-state index in [0.717, 1.165) is 45.7 Å². The first-order valence-electron chi connectivity index (χ1n) is 8.95. The van der Waals surface area contributed by atoms with Gasteiger partial charge in [0.1, 0.15) is 0 Å². The molecular formula is C18H34N2O. The molecule has 122 valence electrons. The molecule has 1 saturated heterocycles. The zero-order chi connectivity index (χ0) is 15.1. The fourth-order valence-electron chi connectivity index (χ4n) is 4.08. The summed E-state index contributed by atoms with van der Waals surface area (Å²) in [5.74, 6) is 0. The van der Waals surface area contributed by atoms with Crippen molar-refractivity contribution in [3.8, 4) is 0 Å². The van der Waals surface area contributed by atoms with Crippen LogP contribution < -0.4 is 5.32 Å². The molecule has 2 rings (SSSR count). The molecule has 1 atom stereocenters. The minimum Gasteiger partial charge on any atom is -0.379 e. The molecule has 1 aliphatic heterocycles. The van der Waals surface area contributed by atoms with E-state index >= 15 is 0 Å². The number of hydrogen-bond donors (Lipinski definition) is 1. The molecule has 3 heteroatoms. The number of ether oxygens (including phenoxy) is 1. The summed E-state index contributed by atoms with van der Waals surface area (Å²) in [6.07, 6.45) is 8.86. The van der Waals surface area contributed by atoms with Crippen molar-refractivity contribution in [2.24, 2.45) is 0 Å². The molecule has 0 aromatic carbocycles. The summed E-state index contributed by atoms with van der Waals surface area (Å²) in [5, 5.41) is 3.87. The van der Waals surface area contributed by atoms with Crippen LogP contribution in [-0.4, -0.2) is 49.3 Å². The van der Waals surface area contributed by atoms with Gasteiger partial charge in [0, 0.05) is 24.7 Å². The van der Waals surface area contributed by atoms with E-state index < -0.39 is 0 Å². The third-order valence-corrected chi connectivity index (χ3v) is 5.39. The van der Waals surface area contributed by atoms with Crippen molar-refractivity contribution < 1.29 is 4.74 Å². The van der Waals surface area contributed by atoms with Crippen molar-refractivity contribution in [3.05, 3.63) is 12.2 Å². The van der Waals surface area contributed by atoms with Crippen LogP contribution in [0.3, 0.4) is 0 Å². The van der Waals surface area contributed by atoms with Gasteiger partial charge in [-0.15, -0.1) is 0 Å². The molecule has 0 amide bonds. The largest absolute Gasteiger partial charge is 0.379 e. The fourth-order valence-corrected chi connectivity index (χ4v) is 4.08. The van der Waals surface area contributed by atoms with Crippen LogP contribution in [-0.2, 0) is 4.74 Å². The van der Waals surface area contributed by atoms with Gasteiger partial charge in [-0.2, -0.15) is 0 Å². The molecule has 1 saturated carbocycles. The topological polar surface area (TPSA) is 24.5 Å². The Kier molecular flexibility index (Phi) is 6.72. The van der Waals surface area contributed by atoms with Crippen molar-refractivity contribution in [2.75, 3.05) is 32.8 Å². The molecule has 0 aromatic rings. The molecule has 0 aromatic heterocycles. The molecule has 3 nitrogen and oxygen atoms in total. The van der Waals surface area contributed by atoms with Gasteiger partial charge in [-0.25, -0.2) is 0 Å². The van der Waals surface area contributed by atoms with Gasteiger partial charge in [0.05, 0.1) is 13.2 Å². The van der Waals surface area contributed by atoms with Gasteiger partial charge in [-0.1, -0.05) is 38.8 Å². The predicted octanol–water partition coefficient (Wildman–Crippen LogP) is 3.36. The average molecular weight is 294 g/mol. The number of hydrogen-bond acceptors (Lipinski definition) is 3. The van der Waals surface area contributed by atoms with E-state index in [4.69, 9.17) is 4.74 Å². The lowest BCUT2D eigenvalue weighted by Gasteiger charge is -2.49. The molecular weight excluding hydrogens is 260 g/mol. The summed E-state index contributed by atoms with van der Waals surface area (Å²) in [7, 11) is 0. The summed E-state index contributed by atoms with van der Waals surface area (Å²) >= 11 is 0. The van der Waals surface area contributed by atoms with Crippen LogP contribution in [0.15, 0.2) is 12.2 Å². The molecule has 21 heavy (non-hydrogen) atoms. The highest BCUT2D eigenvalue weighted by molar-refractivity contribution is 5.09. The maximum atomic E-state index is 5.59. The van der Waals surface area contributed by atoms with Crippen LogP contribution in [0.4, 0.5) is 0 Å². The van der Waals surface area contributed by atoms with Crippen LogP contribution >= 0.6 is 0 Å². The number of rotatable bonds is 8. The lowest BCUT2D eigenvalue weighted by atomic mass is 9.81. The van der Waals surface area contributed by atoms with Crippen molar-refractivity contribution in [2.45, 2.75) is 70.4 Å². The summed E-state index contributed by atoms with van der Waals surface area (Å²) in [6.45, 7) is 13.9. The van der Waals surface area contributed by atoms with Crippen LogP contribution in [0.5, 0.6) is 0 Å². The van der Waals surface area contributed by atoms with E-state index in [2.05, 4.69) is 30.6 Å². The van der Waals surface area contributed by atoms with Crippen LogP contribution in [0.25, 0.3) is 0 Å². The number of nitrogens with zero attached hydrogens (tertiary/aromatic N) is 1. The molecule has 1 heterocycles. The van der Waals surface area contributed by atoms with Gasteiger partial charge in [0.2, 0.25) is 0 Å². The van der Waals surface area contributed by atoms with Crippen molar-refractivity contribution in [1.82, 2.24) is 10.2 Å². The molecule has 1 aliphatic carbocycles. The van der Waals surface area contributed by atoms with Crippen LogP contribution in [0.1, 0.15) is 58.8 Å². The van der Waals surface area contributed by atoms with Crippen LogP contribution in [0, 0.1) is 0 Å². The average Bonchev–Trinajstić information content (AvgIpc) is 3.02. The highest BCUT2D eigenvalue weighted by Crippen LogP contribution is 2.40. The standard InChI is InChI=1S/C18H34N2O/c1-4-10-19-17(15-16(3)5-2)18(8-6-7-9-18)20-11-13-21-14-12-20/h17,19H,3-15H2,1-2H3. The van der Waals surface area contributed by atoms with Gasteiger partial charge in [-0.05, 0) is 38.6 Å². The lowest BCUT2D eigenvalue weighted by molar-refractivity contribution is -0.0357. The predicted molar refractivity (Wildman–Crippen MR) is 89.7 cm³/mol. The molecule has 1 unspecified atom stereocenters. The summed E-state index contributed by atoms with van der Waals surface area (Å²) in [4.78, 5) is 2.74. The Labute approximate surface area is 131 Å². The van der Waals surface area contributed by atoms with Crippen molar-refractivity contribution >= 4 is 0 Å². The summed E-state index contributed by atoms with van der Waals surface area (Å²) in [6, 6.07) is 0.561. The van der Waals surface area contributed by atoms with E-state index in [0.29, 0.717) is 11.6 Å². The van der Waals surface area contributed by atoms with Crippen LogP contribution in [0.2, 0.25) is 0 Å². The normalized spacial score (nSPS) is 24.1.